The van der Waals surface area contributed by atoms with E-state index in [9.17, 15) is 9.13 Å². The summed E-state index contributed by atoms with van der Waals surface area (Å²) in [6, 6.07) is 0. The molecule has 0 heterocycles. The summed E-state index contributed by atoms with van der Waals surface area (Å²) in [5.41, 5.74) is 0. The van der Waals surface area contributed by atoms with Crippen LogP contribution in [0.25, 0.3) is 0 Å². The van der Waals surface area contributed by atoms with Gasteiger partial charge in [-0.05, 0) is 6.92 Å². The van der Waals surface area contributed by atoms with Crippen LogP contribution in [0.2, 0.25) is 0 Å². The fourth-order valence-electron chi connectivity index (χ4n) is 0.196. The minimum Gasteiger partial charge on any atom is -0.855 e. The Hall–Kier alpha value is 1.26. The molecule has 10 heteroatoms. The second-order valence-electron chi connectivity index (χ2n) is 2.10. The molecule has 0 aliphatic carbocycles. The molecule has 0 aliphatic rings. The van der Waals surface area contributed by atoms with E-state index in [1.807, 2.05) is 0 Å². The fraction of sp³-hybridized carbons (Fsp3) is 1.00. The van der Waals surface area contributed by atoms with Gasteiger partial charge in [-0.2, -0.15) is 0 Å². The number of rotatable bonds is 2. The van der Waals surface area contributed by atoms with Crippen molar-refractivity contribution in [3.05, 3.63) is 0 Å². The zero-order valence-electron chi connectivity index (χ0n) is 8.19. The van der Waals surface area contributed by atoms with E-state index in [0.717, 1.165) is 6.92 Å². The summed E-state index contributed by atoms with van der Waals surface area (Å²) in [6.45, 7) is 2.38. The van der Waals surface area contributed by atoms with Crippen molar-refractivity contribution in [1.82, 2.24) is 0 Å². The molecule has 7 nitrogen and oxygen atoms in total. The zero-order valence-corrected chi connectivity index (χ0v) is 12.0. The second kappa shape index (κ2) is 8.42. The Morgan fingerprint density at radius 3 is 1.29 bits per heavy atom. The Morgan fingerprint density at radius 1 is 1.14 bits per heavy atom. The third-order valence-corrected chi connectivity index (χ3v) is 4.73. The van der Waals surface area contributed by atoms with Crippen molar-refractivity contribution < 1.29 is 63.4 Å². The van der Waals surface area contributed by atoms with Gasteiger partial charge in [0.1, 0.15) is 0 Å². The standard InChI is InChI=1S/C2H8O6P2.C2H5O.Na/c1-2(9(3,4)5)10(6,7)8;1-2-3;/h2H,1H3,(H2,3,4,5)(H2,6,7,8);2H2,1H3;/q;-1;+1. The molecular formula is C4H13NaO7P2. The molecule has 0 radical (unpaired) electrons. The second-order valence-corrected chi connectivity index (χ2v) is 6.41. The van der Waals surface area contributed by atoms with Crippen LogP contribution >= 0.6 is 15.2 Å². The Bertz CT molecular complexity index is 198. The van der Waals surface area contributed by atoms with E-state index in [1.54, 1.807) is 6.92 Å². The van der Waals surface area contributed by atoms with E-state index < -0.39 is 20.6 Å². The summed E-state index contributed by atoms with van der Waals surface area (Å²) < 4.78 is 20.4. The van der Waals surface area contributed by atoms with E-state index in [0.29, 0.717) is 0 Å². The molecular weight excluding hydrogens is 245 g/mol. The van der Waals surface area contributed by atoms with Crippen LogP contribution in [0.1, 0.15) is 13.8 Å². The van der Waals surface area contributed by atoms with Gasteiger partial charge < -0.3 is 24.7 Å². The molecule has 0 aromatic rings. The quantitative estimate of drug-likeness (QED) is 0.293. The van der Waals surface area contributed by atoms with Crippen molar-refractivity contribution in [1.29, 1.82) is 0 Å². The molecule has 0 bridgehead atoms. The van der Waals surface area contributed by atoms with Crippen molar-refractivity contribution in [2.45, 2.75) is 19.2 Å². The van der Waals surface area contributed by atoms with Crippen LogP contribution in [-0.2, 0) is 9.13 Å². The number of hydrogen-bond acceptors (Lipinski definition) is 3. The summed E-state index contributed by atoms with van der Waals surface area (Å²) >= 11 is 0. The normalized spacial score (nSPS) is 11.4. The maximum atomic E-state index is 10.2. The molecule has 0 spiro atoms. The SMILES string of the molecule is CC(P(=O)(O)O)P(=O)(O)O.CC[O-].[Na+]. The van der Waals surface area contributed by atoms with Crippen molar-refractivity contribution in [3.8, 4) is 0 Å². The summed E-state index contributed by atoms with van der Waals surface area (Å²) in [5, 5.41) is 7.03. The fourth-order valence-corrected chi connectivity index (χ4v) is 1.76. The Morgan fingerprint density at radius 2 is 1.29 bits per heavy atom. The molecule has 0 unspecified atom stereocenters. The van der Waals surface area contributed by atoms with Gasteiger partial charge in [0.15, 0.2) is 5.40 Å². The van der Waals surface area contributed by atoms with E-state index in [1.165, 1.54) is 0 Å². The van der Waals surface area contributed by atoms with Crippen LogP contribution < -0.4 is 34.7 Å². The minimum absolute atomic E-state index is 0. The van der Waals surface area contributed by atoms with Crippen LogP contribution in [0.15, 0.2) is 0 Å². The van der Waals surface area contributed by atoms with Gasteiger partial charge >= 0.3 is 44.7 Å². The summed E-state index contributed by atoms with van der Waals surface area (Å²) in [6.07, 6.45) is 0. The molecule has 0 aromatic carbocycles. The molecule has 14 heavy (non-hydrogen) atoms. The van der Waals surface area contributed by atoms with Crippen molar-refractivity contribution in [3.63, 3.8) is 0 Å². The third-order valence-electron chi connectivity index (χ3n) is 0.974. The van der Waals surface area contributed by atoms with Crippen LogP contribution in [0.5, 0.6) is 0 Å². The van der Waals surface area contributed by atoms with E-state index >= 15 is 0 Å². The van der Waals surface area contributed by atoms with Gasteiger partial charge in [0.05, 0.1) is 0 Å². The summed E-state index contributed by atoms with van der Waals surface area (Å²) in [5.74, 6) is 0. The molecule has 0 fully saturated rings. The smallest absolute Gasteiger partial charge is 0.855 e. The predicted molar refractivity (Wildman–Crippen MR) is 44.1 cm³/mol. The van der Waals surface area contributed by atoms with E-state index in [4.69, 9.17) is 24.7 Å². The van der Waals surface area contributed by atoms with Crippen LogP contribution in [0, 0.1) is 0 Å². The molecule has 0 rings (SSSR count). The molecule has 0 saturated heterocycles. The molecule has 0 aliphatic heterocycles. The van der Waals surface area contributed by atoms with E-state index in [-0.39, 0.29) is 36.2 Å². The Kier molecular flexibility index (Phi) is 12.4. The van der Waals surface area contributed by atoms with Gasteiger partial charge in [-0.1, -0.05) is 6.92 Å². The van der Waals surface area contributed by atoms with Crippen LogP contribution in [0.3, 0.4) is 0 Å². The van der Waals surface area contributed by atoms with Crippen LogP contribution in [0.4, 0.5) is 0 Å². The zero-order chi connectivity index (χ0) is 11.3. The molecule has 82 valence electrons. The molecule has 0 aromatic heterocycles. The van der Waals surface area contributed by atoms with Crippen molar-refractivity contribution in [2.24, 2.45) is 0 Å². The van der Waals surface area contributed by atoms with Crippen molar-refractivity contribution in [2.75, 3.05) is 6.61 Å². The van der Waals surface area contributed by atoms with Gasteiger partial charge in [-0.3, -0.25) is 9.13 Å². The molecule has 0 saturated carbocycles. The summed E-state index contributed by atoms with van der Waals surface area (Å²) in [7, 11) is -9.28. The molecule has 0 atom stereocenters. The maximum Gasteiger partial charge on any atom is 1.00 e. The third kappa shape index (κ3) is 11.3. The van der Waals surface area contributed by atoms with Crippen molar-refractivity contribution >= 4 is 15.2 Å². The Balaban J connectivity index is -0.000000267. The first kappa shape index (κ1) is 20.6. The summed E-state index contributed by atoms with van der Waals surface area (Å²) in [4.78, 5) is 33.0. The first-order chi connectivity index (χ1) is 5.57. The van der Waals surface area contributed by atoms with Gasteiger partial charge in [0.25, 0.3) is 0 Å². The van der Waals surface area contributed by atoms with E-state index in [2.05, 4.69) is 0 Å². The monoisotopic (exact) mass is 258 g/mol. The Labute approximate surface area is 104 Å². The molecule has 0 amide bonds. The first-order valence-corrected chi connectivity index (χ1v) is 6.62. The van der Waals surface area contributed by atoms with Gasteiger partial charge in [0, 0.05) is 0 Å². The average molecular weight is 258 g/mol. The first-order valence-electron chi connectivity index (χ1n) is 3.25. The topological polar surface area (TPSA) is 138 Å². The maximum absolute atomic E-state index is 10.2. The van der Waals surface area contributed by atoms with Gasteiger partial charge in [0.2, 0.25) is 0 Å². The number of hydrogen-bond donors (Lipinski definition) is 4. The molecule has 4 N–H and O–H groups in total. The minimum atomic E-state index is -4.64. The van der Waals surface area contributed by atoms with Crippen LogP contribution in [-0.4, -0.2) is 31.6 Å². The van der Waals surface area contributed by atoms with Gasteiger partial charge in [-0.15, -0.1) is 6.61 Å². The largest absolute Gasteiger partial charge is 1.00 e. The predicted octanol–water partition coefficient (Wildman–Crippen LogP) is -3.94. The van der Waals surface area contributed by atoms with Gasteiger partial charge in [-0.25, -0.2) is 0 Å². The average Bonchev–Trinajstić information content (AvgIpc) is 1.84.